The minimum Gasteiger partial charge on any atom is -0.425 e. The average molecular weight is 337 g/mol. The maximum atomic E-state index is 12.5. The van der Waals surface area contributed by atoms with Gasteiger partial charge in [-0.1, -0.05) is 24.3 Å². The largest absolute Gasteiger partial charge is 0.425 e. The number of hydrogen-bond donors (Lipinski definition) is 0. The molecule has 0 unspecified atom stereocenters. The van der Waals surface area contributed by atoms with Crippen molar-refractivity contribution in [2.24, 2.45) is 5.92 Å². The molecule has 0 bridgehead atoms. The molecule has 1 heterocycles. The summed E-state index contributed by atoms with van der Waals surface area (Å²) in [5.41, 5.74) is 2.19. The van der Waals surface area contributed by atoms with Gasteiger partial charge in [0, 0.05) is 18.7 Å². The second kappa shape index (κ2) is 6.89. The topological polar surface area (TPSA) is 63.7 Å². The van der Waals surface area contributed by atoms with Crippen LogP contribution < -0.4 is 9.64 Å². The Morgan fingerprint density at radius 1 is 1.12 bits per heavy atom. The standard InChI is InChI=1S/C20H19NO4/c1-13-6-5-7-16(10-13)21-12-15(11-19(21)23)20(24)25-18-9-4-3-8-17(18)14(2)22/h3-10,15H,11-12H2,1-2H3/t15-/m0/s1. The number of aryl methyl sites for hydroxylation is 1. The first-order valence-electron chi connectivity index (χ1n) is 8.14. The lowest BCUT2D eigenvalue weighted by Crippen LogP contribution is -2.27. The second-order valence-electron chi connectivity index (χ2n) is 6.22. The molecule has 2 aromatic rings. The molecule has 0 saturated carbocycles. The van der Waals surface area contributed by atoms with E-state index in [2.05, 4.69) is 0 Å². The van der Waals surface area contributed by atoms with Gasteiger partial charge in [-0.25, -0.2) is 0 Å². The number of benzene rings is 2. The van der Waals surface area contributed by atoms with Crippen molar-refractivity contribution >= 4 is 23.3 Å². The summed E-state index contributed by atoms with van der Waals surface area (Å²) >= 11 is 0. The fourth-order valence-corrected chi connectivity index (χ4v) is 2.95. The minimum atomic E-state index is -0.548. The van der Waals surface area contributed by atoms with Gasteiger partial charge in [0.1, 0.15) is 5.75 Å². The maximum Gasteiger partial charge on any atom is 0.316 e. The van der Waals surface area contributed by atoms with Crippen LogP contribution in [0.4, 0.5) is 5.69 Å². The number of carbonyl (C=O) groups excluding carboxylic acids is 3. The van der Waals surface area contributed by atoms with E-state index >= 15 is 0 Å². The molecule has 5 nitrogen and oxygen atoms in total. The van der Waals surface area contributed by atoms with Gasteiger partial charge in [0.15, 0.2) is 5.78 Å². The summed E-state index contributed by atoms with van der Waals surface area (Å²) in [4.78, 5) is 38.0. The van der Waals surface area contributed by atoms with Crippen molar-refractivity contribution < 1.29 is 19.1 Å². The number of esters is 1. The number of Topliss-reactive ketones (excluding diaryl/α,β-unsaturated/α-hetero) is 1. The predicted molar refractivity (Wildman–Crippen MR) is 93.7 cm³/mol. The molecule has 25 heavy (non-hydrogen) atoms. The van der Waals surface area contributed by atoms with Crippen LogP contribution in [0.3, 0.4) is 0 Å². The van der Waals surface area contributed by atoms with E-state index in [0.717, 1.165) is 11.3 Å². The van der Waals surface area contributed by atoms with Crippen LogP contribution in [0, 0.1) is 12.8 Å². The van der Waals surface area contributed by atoms with Crippen molar-refractivity contribution in [1.82, 2.24) is 0 Å². The SMILES string of the molecule is CC(=O)c1ccccc1OC(=O)[C@H]1CC(=O)N(c2cccc(C)c2)C1. The maximum absolute atomic E-state index is 12.5. The van der Waals surface area contributed by atoms with Crippen LogP contribution in [-0.4, -0.2) is 24.2 Å². The Kier molecular flexibility index (Phi) is 4.65. The van der Waals surface area contributed by atoms with Crippen molar-refractivity contribution in [3.05, 3.63) is 59.7 Å². The molecule has 1 fully saturated rings. The van der Waals surface area contributed by atoms with E-state index in [1.807, 2.05) is 31.2 Å². The fourth-order valence-electron chi connectivity index (χ4n) is 2.95. The normalized spacial score (nSPS) is 16.8. The van der Waals surface area contributed by atoms with Gasteiger partial charge in [0.05, 0.1) is 11.5 Å². The van der Waals surface area contributed by atoms with Gasteiger partial charge in [-0.15, -0.1) is 0 Å². The van der Waals surface area contributed by atoms with Crippen molar-refractivity contribution in [2.45, 2.75) is 20.3 Å². The average Bonchev–Trinajstić information content (AvgIpc) is 2.97. The molecule has 0 N–H and O–H groups in total. The molecule has 1 aliphatic rings. The van der Waals surface area contributed by atoms with Crippen molar-refractivity contribution in [3.8, 4) is 5.75 Å². The number of nitrogens with zero attached hydrogens (tertiary/aromatic N) is 1. The van der Waals surface area contributed by atoms with E-state index in [9.17, 15) is 14.4 Å². The summed E-state index contributed by atoms with van der Waals surface area (Å²) in [5.74, 6) is -1.08. The first kappa shape index (κ1) is 16.9. The Labute approximate surface area is 146 Å². The zero-order valence-corrected chi connectivity index (χ0v) is 14.2. The van der Waals surface area contributed by atoms with Crippen LogP contribution in [0.15, 0.2) is 48.5 Å². The highest BCUT2D eigenvalue weighted by Gasteiger charge is 2.36. The molecule has 0 aliphatic carbocycles. The third kappa shape index (κ3) is 3.60. The molecule has 1 amide bonds. The molecule has 5 heteroatoms. The summed E-state index contributed by atoms with van der Waals surface area (Å²) in [6.07, 6.45) is 0.106. The minimum absolute atomic E-state index is 0.104. The Morgan fingerprint density at radius 3 is 2.60 bits per heavy atom. The zero-order valence-electron chi connectivity index (χ0n) is 14.2. The van der Waals surface area contributed by atoms with Crippen molar-refractivity contribution in [2.75, 3.05) is 11.4 Å². The summed E-state index contributed by atoms with van der Waals surface area (Å²) in [5, 5.41) is 0. The molecule has 3 rings (SSSR count). The number of hydrogen-bond acceptors (Lipinski definition) is 4. The van der Waals surface area contributed by atoms with Crippen molar-refractivity contribution in [3.63, 3.8) is 0 Å². The highest BCUT2D eigenvalue weighted by molar-refractivity contribution is 6.01. The Bertz CT molecular complexity index is 843. The molecule has 128 valence electrons. The molecule has 2 aromatic carbocycles. The summed E-state index contributed by atoms with van der Waals surface area (Å²) in [6.45, 7) is 3.66. The Balaban J connectivity index is 1.74. The fraction of sp³-hybridized carbons (Fsp3) is 0.250. The van der Waals surface area contributed by atoms with Gasteiger partial charge < -0.3 is 9.64 Å². The summed E-state index contributed by atoms with van der Waals surface area (Å²) < 4.78 is 5.41. The lowest BCUT2D eigenvalue weighted by molar-refractivity contribution is -0.139. The smallest absolute Gasteiger partial charge is 0.316 e. The zero-order chi connectivity index (χ0) is 18.0. The van der Waals surface area contributed by atoms with Gasteiger partial charge in [-0.3, -0.25) is 14.4 Å². The van der Waals surface area contributed by atoms with Gasteiger partial charge in [0.25, 0.3) is 0 Å². The second-order valence-corrected chi connectivity index (χ2v) is 6.22. The third-order valence-electron chi connectivity index (χ3n) is 4.25. The summed E-state index contributed by atoms with van der Waals surface area (Å²) in [7, 11) is 0. The molecule has 1 saturated heterocycles. The number of rotatable bonds is 4. The number of ether oxygens (including phenoxy) is 1. The molecule has 1 atom stereocenters. The highest BCUT2D eigenvalue weighted by Crippen LogP contribution is 2.28. The van der Waals surface area contributed by atoms with E-state index in [1.54, 1.807) is 29.2 Å². The van der Waals surface area contributed by atoms with E-state index < -0.39 is 11.9 Å². The monoisotopic (exact) mass is 337 g/mol. The van der Waals surface area contributed by atoms with E-state index in [4.69, 9.17) is 4.74 Å². The number of ketones is 1. The van der Waals surface area contributed by atoms with Gasteiger partial charge in [-0.05, 0) is 43.7 Å². The molecule has 1 aliphatic heterocycles. The quantitative estimate of drug-likeness (QED) is 0.488. The summed E-state index contributed by atoms with van der Waals surface area (Å²) in [6, 6.07) is 14.2. The molecule has 0 radical (unpaired) electrons. The van der Waals surface area contributed by atoms with Crippen LogP contribution >= 0.6 is 0 Å². The third-order valence-corrected chi connectivity index (χ3v) is 4.25. The number of carbonyl (C=O) groups is 3. The van der Waals surface area contributed by atoms with E-state index in [0.29, 0.717) is 5.56 Å². The predicted octanol–water partition coefficient (Wildman–Crippen LogP) is 3.16. The van der Waals surface area contributed by atoms with E-state index in [-0.39, 0.29) is 30.4 Å². The van der Waals surface area contributed by atoms with Crippen LogP contribution in [0.5, 0.6) is 5.75 Å². The first-order chi connectivity index (χ1) is 12.0. The number of para-hydroxylation sites is 1. The number of anilines is 1. The Morgan fingerprint density at radius 2 is 1.88 bits per heavy atom. The lowest BCUT2D eigenvalue weighted by atomic mass is 10.1. The molecule has 0 spiro atoms. The van der Waals surface area contributed by atoms with Gasteiger partial charge in [0.2, 0.25) is 5.91 Å². The first-order valence-corrected chi connectivity index (χ1v) is 8.14. The van der Waals surface area contributed by atoms with Crippen LogP contribution in [0.25, 0.3) is 0 Å². The molecular formula is C20H19NO4. The van der Waals surface area contributed by atoms with Crippen LogP contribution in [0.2, 0.25) is 0 Å². The van der Waals surface area contributed by atoms with Crippen LogP contribution in [0.1, 0.15) is 29.3 Å². The van der Waals surface area contributed by atoms with Crippen LogP contribution in [-0.2, 0) is 9.59 Å². The Hall–Kier alpha value is -2.95. The lowest BCUT2D eigenvalue weighted by Gasteiger charge is -2.17. The molecule has 0 aromatic heterocycles. The van der Waals surface area contributed by atoms with Gasteiger partial charge >= 0.3 is 5.97 Å². The van der Waals surface area contributed by atoms with Gasteiger partial charge in [-0.2, -0.15) is 0 Å². The molecular weight excluding hydrogens is 318 g/mol. The van der Waals surface area contributed by atoms with Crippen molar-refractivity contribution in [1.29, 1.82) is 0 Å². The highest BCUT2D eigenvalue weighted by atomic mass is 16.5. The van der Waals surface area contributed by atoms with E-state index in [1.165, 1.54) is 6.92 Å². The number of amides is 1.